The molecule has 0 fully saturated rings. The first-order chi connectivity index (χ1) is 7.20. The molecule has 0 saturated heterocycles. The summed E-state index contributed by atoms with van der Waals surface area (Å²) in [6.07, 6.45) is 3.87. The van der Waals surface area contributed by atoms with E-state index < -0.39 is 7.60 Å². The van der Waals surface area contributed by atoms with Gasteiger partial charge in [0.1, 0.15) is 0 Å². The smallest absolute Gasteiger partial charge is 0.309 e. The predicted molar refractivity (Wildman–Crippen MR) is 58.0 cm³/mol. The average molecular weight is 232 g/mol. The third kappa shape index (κ3) is 4.16. The van der Waals surface area contributed by atoms with Crippen molar-refractivity contribution >= 4 is 7.60 Å². The molecule has 0 aliphatic heterocycles. The Morgan fingerprint density at radius 1 is 1.33 bits per heavy atom. The molecule has 86 valence electrons. The fourth-order valence-corrected chi connectivity index (χ4v) is 2.79. The minimum absolute atomic E-state index is 0.357. The lowest BCUT2D eigenvalue weighted by molar-refractivity contribution is 0.219. The van der Waals surface area contributed by atoms with Gasteiger partial charge in [0.05, 0.1) is 25.9 Å². The highest BCUT2D eigenvalue weighted by Crippen LogP contribution is 2.47. The summed E-state index contributed by atoms with van der Waals surface area (Å²) in [7, 11) is -2.92. The van der Waals surface area contributed by atoms with Gasteiger partial charge in [0.15, 0.2) is 0 Å². The second-order valence-electron chi connectivity index (χ2n) is 2.94. The van der Waals surface area contributed by atoms with Crippen molar-refractivity contribution in [1.29, 1.82) is 0 Å². The molecule has 0 bridgehead atoms. The zero-order chi connectivity index (χ0) is 11.1. The quantitative estimate of drug-likeness (QED) is 0.676. The molecule has 0 unspecified atom stereocenters. The van der Waals surface area contributed by atoms with Crippen LogP contribution in [0.15, 0.2) is 18.5 Å². The van der Waals surface area contributed by atoms with Crippen LogP contribution in [0.4, 0.5) is 0 Å². The molecule has 0 aromatic carbocycles. The van der Waals surface area contributed by atoms with Gasteiger partial charge in [-0.15, -0.1) is 0 Å². The SMILES string of the molecule is CCOP(=O)(CCn1cccn1)OCC. The van der Waals surface area contributed by atoms with Crippen LogP contribution in [0.3, 0.4) is 0 Å². The Labute approximate surface area is 89.9 Å². The second-order valence-corrected chi connectivity index (χ2v) is 5.12. The van der Waals surface area contributed by atoms with Crippen LogP contribution in [0.1, 0.15) is 13.8 Å². The lowest BCUT2D eigenvalue weighted by atomic mass is 10.7. The number of nitrogens with zero attached hydrogens (tertiary/aromatic N) is 2. The molecule has 0 aliphatic rings. The Morgan fingerprint density at radius 2 is 2.00 bits per heavy atom. The molecule has 0 radical (unpaired) electrons. The van der Waals surface area contributed by atoms with Crippen molar-refractivity contribution < 1.29 is 13.6 Å². The fraction of sp³-hybridized carbons (Fsp3) is 0.667. The van der Waals surface area contributed by atoms with E-state index in [4.69, 9.17) is 9.05 Å². The summed E-state index contributed by atoms with van der Waals surface area (Å²) < 4.78 is 24.1. The van der Waals surface area contributed by atoms with Crippen molar-refractivity contribution in [3.63, 3.8) is 0 Å². The summed E-state index contributed by atoms with van der Waals surface area (Å²) in [6, 6.07) is 1.83. The maximum absolute atomic E-state index is 12.0. The monoisotopic (exact) mass is 232 g/mol. The maximum atomic E-state index is 12.0. The zero-order valence-electron chi connectivity index (χ0n) is 9.13. The van der Waals surface area contributed by atoms with E-state index >= 15 is 0 Å². The number of rotatable bonds is 7. The minimum atomic E-state index is -2.92. The second kappa shape index (κ2) is 6.05. The van der Waals surface area contributed by atoms with Gasteiger partial charge in [0.2, 0.25) is 0 Å². The summed E-state index contributed by atoms with van der Waals surface area (Å²) in [4.78, 5) is 0. The highest BCUT2D eigenvalue weighted by Gasteiger charge is 2.22. The van der Waals surface area contributed by atoms with Gasteiger partial charge in [-0.25, -0.2) is 0 Å². The molecule has 0 saturated carbocycles. The van der Waals surface area contributed by atoms with Crippen molar-refractivity contribution in [2.75, 3.05) is 19.4 Å². The van der Waals surface area contributed by atoms with Crippen LogP contribution in [-0.2, 0) is 20.2 Å². The Balaban J connectivity index is 2.48. The molecule has 1 rings (SSSR count). The van der Waals surface area contributed by atoms with Gasteiger partial charge >= 0.3 is 7.60 Å². The van der Waals surface area contributed by atoms with Crippen LogP contribution < -0.4 is 0 Å². The Hall–Kier alpha value is -0.640. The van der Waals surface area contributed by atoms with Gasteiger partial charge in [0, 0.05) is 12.4 Å². The summed E-state index contributed by atoms with van der Waals surface area (Å²) in [5.41, 5.74) is 0. The number of aryl methyl sites for hydroxylation is 1. The van der Waals surface area contributed by atoms with E-state index in [0.717, 1.165) is 0 Å². The molecular weight excluding hydrogens is 215 g/mol. The lowest BCUT2D eigenvalue weighted by Crippen LogP contribution is -2.07. The van der Waals surface area contributed by atoms with E-state index in [-0.39, 0.29) is 0 Å². The van der Waals surface area contributed by atoms with Crippen LogP contribution >= 0.6 is 7.60 Å². The third-order valence-corrected chi connectivity index (χ3v) is 3.86. The third-order valence-electron chi connectivity index (χ3n) is 1.81. The van der Waals surface area contributed by atoms with Crippen LogP contribution in [0.2, 0.25) is 0 Å². The highest BCUT2D eigenvalue weighted by molar-refractivity contribution is 7.53. The molecule has 0 N–H and O–H groups in total. The first kappa shape index (κ1) is 12.4. The zero-order valence-corrected chi connectivity index (χ0v) is 10.0. The largest absolute Gasteiger partial charge is 0.332 e. The highest BCUT2D eigenvalue weighted by atomic mass is 31.2. The first-order valence-electron chi connectivity index (χ1n) is 5.05. The maximum Gasteiger partial charge on any atom is 0.332 e. The van der Waals surface area contributed by atoms with E-state index in [2.05, 4.69) is 5.10 Å². The molecule has 6 heteroatoms. The van der Waals surface area contributed by atoms with E-state index in [1.54, 1.807) is 24.7 Å². The van der Waals surface area contributed by atoms with Gasteiger partial charge in [-0.05, 0) is 19.9 Å². The summed E-state index contributed by atoms with van der Waals surface area (Å²) in [5.74, 6) is 0. The van der Waals surface area contributed by atoms with Crippen LogP contribution in [0, 0.1) is 0 Å². The van der Waals surface area contributed by atoms with Crippen molar-refractivity contribution in [2.24, 2.45) is 0 Å². The average Bonchev–Trinajstić information content (AvgIpc) is 2.68. The van der Waals surface area contributed by atoms with Crippen LogP contribution in [0.25, 0.3) is 0 Å². The molecule has 15 heavy (non-hydrogen) atoms. The Bertz CT molecular complexity index is 303. The van der Waals surface area contributed by atoms with Gasteiger partial charge < -0.3 is 9.05 Å². The topological polar surface area (TPSA) is 53.4 Å². The van der Waals surface area contributed by atoms with E-state index in [1.807, 2.05) is 12.3 Å². The Morgan fingerprint density at radius 3 is 2.47 bits per heavy atom. The van der Waals surface area contributed by atoms with Crippen molar-refractivity contribution in [3.05, 3.63) is 18.5 Å². The standard InChI is InChI=1S/C9H17N2O3P/c1-3-13-15(12,14-4-2)9-8-11-7-5-6-10-11/h5-7H,3-4,8-9H2,1-2H3. The van der Waals surface area contributed by atoms with E-state index in [0.29, 0.717) is 25.9 Å². The molecule has 1 aromatic heterocycles. The molecule has 1 aromatic rings. The van der Waals surface area contributed by atoms with Crippen LogP contribution in [0.5, 0.6) is 0 Å². The number of aromatic nitrogens is 2. The number of hydrogen-bond acceptors (Lipinski definition) is 4. The summed E-state index contributed by atoms with van der Waals surface area (Å²) in [5, 5.41) is 4.02. The fourth-order valence-electron chi connectivity index (χ4n) is 1.22. The first-order valence-corrected chi connectivity index (χ1v) is 6.78. The molecule has 0 spiro atoms. The number of hydrogen-bond donors (Lipinski definition) is 0. The van der Waals surface area contributed by atoms with Gasteiger partial charge in [0.25, 0.3) is 0 Å². The van der Waals surface area contributed by atoms with Gasteiger partial charge in [-0.3, -0.25) is 9.25 Å². The molecule has 5 nitrogen and oxygen atoms in total. The Kier molecular flexibility index (Phi) is 5.02. The molecule has 0 atom stereocenters. The van der Waals surface area contributed by atoms with Gasteiger partial charge in [-0.2, -0.15) is 5.10 Å². The van der Waals surface area contributed by atoms with Crippen molar-refractivity contribution in [2.45, 2.75) is 20.4 Å². The van der Waals surface area contributed by atoms with Gasteiger partial charge in [-0.1, -0.05) is 0 Å². The lowest BCUT2D eigenvalue weighted by Gasteiger charge is -2.16. The van der Waals surface area contributed by atoms with Crippen molar-refractivity contribution in [3.8, 4) is 0 Å². The molecule has 0 amide bonds. The van der Waals surface area contributed by atoms with Crippen LogP contribution in [-0.4, -0.2) is 29.2 Å². The normalized spacial score (nSPS) is 11.9. The summed E-state index contributed by atoms with van der Waals surface area (Å²) >= 11 is 0. The predicted octanol–water partition coefficient (Wildman–Crippen LogP) is 2.15. The summed E-state index contributed by atoms with van der Waals surface area (Å²) in [6.45, 7) is 4.95. The molecular formula is C9H17N2O3P. The van der Waals surface area contributed by atoms with Crippen molar-refractivity contribution in [1.82, 2.24) is 9.78 Å². The molecule has 1 heterocycles. The minimum Gasteiger partial charge on any atom is -0.309 e. The molecule has 0 aliphatic carbocycles. The van der Waals surface area contributed by atoms with E-state index in [1.165, 1.54) is 0 Å². The van der Waals surface area contributed by atoms with E-state index in [9.17, 15) is 4.57 Å².